The number of halogens is 1. The van der Waals surface area contributed by atoms with Gasteiger partial charge < -0.3 is 0 Å². The number of hydrogen-bond donors (Lipinski definition) is 0. The lowest BCUT2D eigenvalue weighted by Crippen LogP contribution is -2.02. The van der Waals surface area contributed by atoms with Crippen LogP contribution in [0.5, 0.6) is 0 Å². The summed E-state index contributed by atoms with van der Waals surface area (Å²) in [4.78, 5) is 8.46. The number of aryl methyl sites for hydroxylation is 2. The summed E-state index contributed by atoms with van der Waals surface area (Å²) in [6, 6.07) is 3.80. The number of rotatable bonds is 1. The number of hydrogen-bond acceptors (Lipinski definition) is 3. The molecule has 5 heteroatoms. The summed E-state index contributed by atoms with van der Waals surface area (Å²) in [5.41, 5.74) is 0. The third-order valence-corrected chi connectivity index (χ3v) is 2.43. The molecule has 0 aliphatic carbocycles. The Morgan fingerprint density at radius 1 is 1.36 bits per heavy atom. The van der Waals surface area contributed by atoms with Crippen LogP contribution in [0.3, 0.4) is 0 Å². The van der Waals surface area contributed by atoms with E-state index in [1.165, 1.54) is 0 Å². The van der Waals surface area contributed by atoms with E-state index < -0.39 is 0 Å². The van der Waals surface area contributed by atoms with Gasteiger partial charge in [0, 0.05) is 6.20 Å². The maximum atomic E-state index is 4.25. The second-order valence-electron chi connectivity index (χ2n) is 2.93. The van der Waals surface area contributed by atoms with Gasteiger partial charge in [-0.15, -0.1) is 5.10 Å². The largest absolute Gasteiger partial charge is 0.236 e. The SMILES string of the molecule is Cc1nc(C)n(-c2ncccc2Br)n1. The first-order valence-corrected chi connectivity index (χ1v) is 4.99. The molecule has 0 radical (unpaired) electrons. The Kier molecular flexibility index (Phi) is 2.33. The van der Waals surface area contributed by atoms with Crippen molar-refractivity contribution in [2.75, 3.05) is 0 Å². The van der Waals surface area contributed by atoms with Crippen LogP contribution in [-0.4, -0.2) is 19.7 Å². The molecule has 0 saturated carbocycles. The van der Waals surface area contributed by atoms with Crippen molar-refractivity contribution in [2.45, 2.75) is 13.8 Å². The second-order valence-corrected chi connectivity index (χ2v) is 3.78. The van der Waals surface area contributed by atoms with Gasteiger partial charge in [-0.25, -0.2) is 9.97 Å². The van der Waals surface area contributed by atoms with Crippen LogP contribution in [0.1, 0.15) is 11.6 Å². The fraction of sp³-hybridized carbons (Fsp3) is 0.222. The second kappa shape index (κ2) is 3.49. The Labute approximate surface area is 90.1 Å². The van der Waals surface area contributed by atoms with Gasteiger partial charge in [-0.3, -0.25) is 0 Å². The fourth-order valence-electron chi connectivity index (χ4n) is 1.25. The molecule has 2 aromatic heterocycles. The molecule has 72 valence electrons. The Hall–Kier alpha value is -1.23. The minimum Gasteiger partial charge on any atom is -0.236 e. The van der Waals surface area contributed by atoms with Crippen molar-refractivity contribution in [3.63, 3.8) is 0 Å². The Morgan fingerprint density at radius 2 is 2.14 bits per heavy atom. The Balaban J connectivity index is 2.60. The third-order valence-electron chi connectivity index (χ3n) is 1.81. The number of aromatic nitrogens is 4. The first-order chi connectivity index (χ1) is 6.68. The van der Waals surface area contributed by atoms with Crippen molar-refractivity contribution in [3.8, 4) is 5.82 Å². The zero-order valence-electron chi connectivity index (χ0n) is 7.90. The minimum atomic E-state index is 0.750. The van der Waals surface area contributed by atoms with Gasteiger partial charge in [-0.1, -0.05) is 0 Å². The van der Waals surface area contributed by atoms with Crippen LogP contribution >= 0.6 is 15.9 Å². The molecule has 0 amide bonds. The van der Waals surface area contributed by atoms with E-state index in [-0.39, 0.29) is 0 Å². The summed E-state index contributed by atoms with van der Waals surface area (Å²) in [6.07, 6.45) is 1.73. The molecule has 0 atom stereocenters. The molecule has 0 aliphatic rings. The standard InChI is InChI=1S/C9H9BrN4/c1-6-12-7(2)14(13-6)9-8(10)4-3-5-11-9/h3-5H,1-2H3. The molecule has 0 aromatic carbocycles. The molecule has 4 nitrogen and oxygen atoms in total. The van der Waals surface area contributed by atoms with Crippen molar-refractivity contribution in [2.24, 2.45) is 0 Å². The maximum absolute atomic E-state index is 4.25. The van der Waals surface area contributed by atoms with Gasteiger partial charge in [0.25, 0.3) is 0 Å². The molecule has 2 rings (SSSR count). The van der Waals surface area contributed by atoms with Gasteiger partial charge >= 0.3 is 0 Å². The predicted octanol–water partition coefficient (Wildman–Crippen LogP) is 2.04. The molecule has 0 N–H and O–H groups in total. The Bertz CT molecular complexity index is 464. The minimum absolute atomic E-state index is 0.750. The normalized spacial score (nSPS) is 10.5. The molecule has 2 aromatic rings. The smallest absolute Gasteiger partial charge is 0.169 e. The van der Waals surface area contributed by atoms with Crippen LogP contribution in [0.25, 0.3) is 5.82 Å². The fourth-order valence-corrected chi connectivity index (χ4v) is 1.68. The van der Waals surface area contributed by atoms with Crippen LogP contribution in [0.4, 0.5) is 0 Å². The lowest BCUT2D eigenvalue weighted by Gasteiger charge is -2.02. The van der Waals surface area contributed by atoms with Crippen LogP contribution in [0, 0.1) is 13.8 Å². The topological polar surface area (TPSA) is 43.6 Å². The number of pyridine rings is 1. The molecule has 0 saturated heterocycles. The zero-order valence-corrected chi connectivity index (χ0v) is 9.48. The summed E-state index contributed by atoms with van der Waals surface area (Å²) in [5.74, 6) is 2.35. The summed E-state index contributed by atoms with van der Waals surface area (Å²) in [5, 5.41) is 4.25. The molecule has 0 aliphatic heterocycles. The van der Waals surface area contributed by atoms with Crippen LogP contribution < -0.4 is 0 Å². The van der Waals surface area contributed by atoms with Crippen molar-refractivity contribution < 1.29 is 0 Å². The molecule has 14 heavy (non-hydrogen) atoms. The van der Waals surface area contributed by atoms with E-state index in [1.807, 2.05) is 26.0 Å². The van der Waals surface area contributed by atoms with E-state index in [1.54, 1.807) is 10.9 Å². The van der Waals surface area contributed by atoms with Crippen molar-refractivity contribution in [1.29, 1.82) is 0 Å². The van der Waals surface area contributed by atoms with Crippen molar-refractivity contribution in [1.82, 2.24) is 19.7 Å². The summed E-state index contributed by atoms with van der Waals surface area (Å²) < 4.78 is 2.63. The van der Waals surface area contributed by atoms with E-state index in [4.69, 9.17) is 0 Å². The first-order valence-electron chi connectivity index (χ1n) is 4.19. The average Bonchev–Trinajstić information content (AvgIpc) is 2.46. The molecular formula is C9H9BrN4. The quantitative estimate of drug-likeness (QED) is 0.781. The van der Waals surface area contributed by atoms with Crippen LogP contribution in [0.15, 0.2) is 22.8 Å². The number of nitrogens with zero attached hydrogens (tertiary/aromatic N) is 4. The zero-order chi connectivity index (χ0) is 10.1. The van der Waals surface area contributed by atoms with Crippen molar-refractivity contribution in [3.05, 3.63) is 34.5 Å². The Morgan fingerprint density at radius 3 is 2.71 bits per heavy atom. The van der Waals surface area contributed by atoms with Crippen LogP contribution in [-0.2, 0) is 0 Å². The van der Waals surface area contributed by atoms with Gasteiger partial charge in [0.1, 0.15) is 11.6 Å². The van der Waals surface area contributed by atoms with Gasteiger partial charge in [0.2, 0.25) is 0 Å². The average molecular weight is 253 g/mol. The maximum Gasteiger partial charge on any atom is 0.169 e. The van der Waals surface area contributed by atoms with Gasteiger partial charge in [0.15, 0.2) is 5.82 Å². The third kappa shape index (κ3) is 1.55. The first kappa shape index (κ1) is 9.33. The van der Waals surface area contributed by atoms with E-state index in [0.29, 0.717) is 0 Å². The van der Waals surface area contributed by atoms with E-state index >= 15 is 0 Å². The molecule has 0 spiro atoms. The van der Waals surface area contributed by atoms with Gasteiger partial charge in [0.05, 0.1) is 4.47 Å². The molecular weight excluding hydrogens is 244 g/mol. The predicted molar refractivity (Wildman–Crippen MR) is 56.3 cm³/mol. The summed E-state index contributed by atoms with van der Waals surface area (Å²) >= 11 is 3.43. The summed E-state index contributed by atoms with van der Waals surface area (Å²) in [6.45, 7) is 3.77. The molecule has 0 unspecified atom stereocenters. The highest BCUT2D eigenvalue weighted by Gasteiger charge is 2.08. The van der Waals surface area contributed by atoms with E-state index in [2.05, 4.69) is 31.0 Å². The molecule has 2 heterocycles. The molecule has 0 bridgehead atoms. The lowest BCUT2D eigenvalue weighted by molar-refractivity contribution is 0.799. The van der Waals surface area contributed by atoms with Crippen molar-refractivity contribution >= 4 is 15.9 Å². The van der Waals surface area contributed by atoms with Gasteiger partial charge in [-0.2, -0.15) is 4.68 Å². The lowest BCUT2D eigenvalue weighted by atomic mass is 10.4. The highest BCUT2D eigenvalue weighted by molar-refractivity contribution is 9.10. The van der Waals surface area contributed by atoms with Crippen LogP contribution in [0.2, 0.25) is 0 Å². The van der Waals surface area contributed by atoms with E-state index in [0.717, 1.165) is 21.9 Å². The highest BCUT2D eigenvalue weighted by Crippen LogP contribution is 2.17. The van der Waals surface area contributed by atoms with Gasteiger partial charge in [-0.05, 0) is 41.9 Å². The monoisotopic (exact) mass is 252 g/mol. The summed E-state index contributed by atoms with van der Waals surface area (Å²) in [7, 11) is 0. The van der Waals surface area contributed by atoms with E-state index in [9.17, 15) is 0 Å². The molecule has 0 fully saturated rings. The highest BCUT2D eigenvalue weighted by atomic mass is 79.9.